The Kier molecular flexibility index (Phi) is 8.65. The Morgan fingerprint density at radius 3 is 2.96 bits per heavy atom. The molecule has 146 valence electrons. The summed E-state index contributed by atoms with van der Waals surface area (Å²) in [5.74, 6) is 2.74. The summed E-state index contributed by atoms with van der Waals surface area (Å²) in [7, 11) is 1.93. The molecule has 0 aromatic carbocycles. The molecule has 1 aromatic rings. The quantitative estimate of drug-likeness (QED) is 0.690. The summed E-state index contributed by atoms with van der Waals surface area (Å²) in [5, 5.41) is 3.33. The molecular weight excluding hydrogens is 326 g/mol. The molecule has 1 saturated heterocycles. The van der Waals surface area contributed by atoms with Crippen molar-refractivity contribution >= 4 is 17.5 Å². The van der Waals surface area contributed by atoms with Crippen molar-refractivity contribution in [2.24, 2.45) is 5.92 Å². The third-order valence-electron chi connectivity index (χ3n) is 5.09. The molecule has 6 heteroatoms. The smallest absolute Gasteiger partial charge is 0.222 e. The second-order valence-corrected chi connectivity index (χ2v) is 7.35. The maximum atomic E-state index is 12.3. The van der Waals surface area contributed by atoms with Gasteiger partial charge in [0.15, 0.2) is 0 Å². The van der Waals surface area contributed by atoms with Gasteiger partial charge < -0.3 is 15.1 Å². The number of hydrogen-bond acceptors (Lipinski definition) is 5. The summed E-state index contributed by atoms with van der Waals surface area (Å²) >= 11 is 0. The van der Waals surface area contributed by atoms with Gasteiger partial charge in [0.25, 0.3) is 0 Å². The minimum atomic E-state index is 0.281. The maximum absolute atomic E-state index is 12.3. The highest BCUT2D eigenvalue weighted by molar-refractivity contribution is 5.75. The fourth-order valence-corrected chi connectivity index (χ4v) is 3.42. The lowest BCUT2D eigenvalue weighted by Crippen LogP contribution is -2.37. The number of anilines is 2. The summed E-state index contributed by atoms with van der Waals surface area (Å²) in [6.07, 6.45) is 8.92. The van der Waals surface area contributed by atoms with Crippen molar-refractivity contribution in [2.75, 3.05) is 43.4 Å². The minimum absolute atomic E-state index is 0.281. The Hall–Kier alpha value is -1.85. The molecule has 2 rings (SSSR count). The molecule has 1 fully saturated rings. The van der Waals surface area contributed by atoms with E-state index in [9.17, 15) is 4.79 Å². The van der Waals surface area contributed by atoms with E-state index in [0.29, 0.717) is 12.3 Å². The molecule has 1 amide bonds. The third-order valence-corrected chi connectivity index (χ3v) is 5.09. The average Bonchev–Trinajstić information content (AvgIpc) is 2.69. The number of aromatic nitrogens is 2. The Balaban J connectivity index is 1.84. The lowest BCUT2D eigenvalue weighted by molar-refractivity contribution is -0.130. The largest absolute Gasteiger partial charge is 0.370 e. The third kappa shape index (κ3) is 6.46. The molecular formula is C20H35N5O. The zero-order valence-corrected chi connectivity index (χ0v) is 16.7. The average molecular weight is 362 g/mol. The van der Waals surface area contributed by atoms with Crippen molar-refractivity contribution in [1.29, 1.82) is 0 Å². The summed E-state index contributed by atoms with van der Waals surface area (Å²) in [5.41, 5.74) is 0. The number of unbranched alkanes of at least 4 members (excludes halogenated alkanes) is 1. The molecule has 0 aliphatic carbocycles. The van der Waals surface area contributed by atoms with Crippen LogP contribution in [0.4, 0.5) is 11.6 Å². The van der Waals surface area contributed by atoms with Gasteiger partial charge in [-0.05, 0) is 38.0 Å². The molecule has 0 bridgehead atoms. The zero-order chi connectivity index (χ0) is 18.8. The highest BCUT2D eigenvalue weighted by atomic mass is 16.2. The van der Waals surface area contributed by atoms with E-state index in [1.54, 1.807) is 6.33 Å². The number of nitrogens with zero attached hydrogens (tertiary/aromatic N) is 4. The van der Waals surface area contributed by atoms with Gasteiger partial charge in [-0.3, -0.25) is 4.79 Å². The fraction of sp³-hybridized carbons (Fsp3) is 0.750. The Bertz CT molecular complexity index is 551. The lowest BCUT2D eigenvalue weighted by Gasteiger charge is -2.33. The van der Waals surface area contributed by atoms with Crippen LogP contribution < -0.4 is 10.2 Å². The van der Waals surface area contributed by atoms with Gasteiger partial charge in [0.05, 0.1) is 0 Å². The standard InChI is InChI=1S/C20H35N5O/c1-4-6-12-24(3)20(26)10-9-17-8-7-13-25(15-17)19-14-18(21-11-5-2)22-16-23-19/h14,16-17H,4-13,15H2,1-3H3,(H,21,22,23)/t17-/m1/s1. The molecule has 1 aliphatic rings. The van der Waals surface area contributed by atoms with Gasteiger partial charge in [-0.25, -0.2) is 9.97 Å². The van der Waals surface area contributed by atoms with Crippen molar-refractivity contribution in [1.82, 2.24) is 14.9 Å². The zero-order valence-electron chi connectivity index (χ0n) is 16.7. The molecule has 1 aromatic heterocycles. The van der Waals surface area contributed by atoms with Gasteiger partial charge in [0.1, 0.15) is 18.0 Å². The first-order valence-electron chi connectivity index (χ1n) is 10.2. The van der Waals surface area contributed by atoms with Gasteiger partial charge >= 0.3 is 0 Å². The SMILES string of the molecule is CCCCN(C)C(=O)CC[C@H]1CCCN(c2cc(NCCC)ncn2)C1. The number of rotatable bonds is 10. The monoisotopic (exact) mass is 361 g/mol. The fourth-order valence-electron chi connectivity index (χ4n) is 3.42. The molecule has 0 spiro atoms. The number of nitrogens with one attached hydrogen (secondary N) is 1. The normalized spacial score (nSPS) is 17.2. The van der Waals surface area contributed by atoms with Crippen molar-refractivity contribution in [3.05, 3.63) is 12.4 Å². The van der Waals surface area contributed by atoms with E-state index in [1.165, 1.54) is 6.42 Å². The summed E-state index contributed by atoms with van der Waals surface area (Å²) in [6, 6.07) is 2.04. The Morgan fingerprint density at radius 2 is 2.19 bits per heavy atom. The van der Waals surface area contributed by atoms with Crippen LogP contribution in [0.2, 0.25) is 0 Å². The summed E-state index contributed by atoms with van der Waals surface area (Å²) in [6.45, 7) is 8.12. The first-order chi connectivity index (χ1) is 12.6. The molecule has 6 nitrogen and oxygen atoms in total. The van der Waals surface area contributed by atoms with Crippen LogP contribution in [-0.2, 0) is 4.79 Å². The van der Waals surface area contributed by atoms with Crippen molar-refractivity contribution in [3.8, 4) is 0 Å². The van der Waals surface area contributed by atoms with E-state index in [1.807, 2.05) is 18.0 Å². The second kappa shape index (κ2) is 11.0. The van der Waals surface area contributed by atoms with E-state index in [0.717, 1.165) is 69.9 Å². The van der Waals surface area contributed by atoms with E-state index in [2.05, 4.69) is 34.0 Å². The van der Waals surface area contributed by atoms with Crippen LogP contribution in [0.3, 0.4) is 0 Å². The minimum Gasteiger partial charge on any atom is -0.370 e. The van der Waals surface area contributed by atoms with Crippen LogP contribution >= 0.6 is 0 Å². The molecule has 1 atom stereocenters. The van der Waals surface area contributed by atoms with Crippen molar-refractivity contribution in [3.63, 3.8) is 0 Å². The Morgan fingerprint density at radius 1 is 1.35 bits per heavy atom. The number of amides is 1. The topological polar surface area (TPSA) is 61.4 Å². The van der Waals surface area contributed by atoms with Crippen LogP contribution in [0.5, 0.6) is 0 Å². The van der Waals surface area contributed by atoms with Gasteiger partial charge in [-0.15, -0.1) is 0 Å². The molecule has 26 heavy (non-hydrogen) atoms. The molecule has 0 saturated carbocycles. The lowest BCUT2D eigenvalue weighted by atomic mass is 9.93. The van der Waals surface area contributed by atoms with Crippen LogP contribution in [-0.4, -0.2) is 54.0 Å². The number of piperidine rings is 1. The van der Waals surface area contributed by atoms with Gasteiger partial charge in [-0.2, -0.15) is 0 Å². The number of carbonyl (C=O) groups excluding carboxylic acids is 1. The first-order valence-corrected chi connectivity index (χ1v) is 10.2. The molecule has 0 radical (unpaired) electrons. The van der Waals surface area contributed by atoms with Gasteiger partial charge in [0, 0.05) is 45.7 Å². The predicted octanol–water partition coefficient (Wildman–Crippen LogP) is 3.55. The van der Waals surface area contributed by atoms with E-state index in [4.69, 9.17) is 0 Å². The Labute approximate surface area is 158 Å². The van der Waals surface area contributed by atoms with Gasteiger partial charge in [-0.1, -0.05) is 20.3 Å². The van der Waals surface area contributed by atoms with Crippen LogP contribution in [0.15, 0.2) is 12.4 Å². The van der Waals surface area contributed by atoms with Crippen molar-refractivity contribution < 1.29 is 4.79 Å². The predicted molar refractivity (Wildman–Crippen MR) is 108 cm³/mol. The maximum Gasteiger partial charge on any atom is 0.222 e. The molecule has 0 unspecified atom stereocenters. The van der Waals surface area contributed by atoms with Crippen LogP contribution in [0.1, 0.15) is 58.8 Å². The summed E-state index contributed by atoms with van der Waals surface area (Å²) < 4.78 is 0. The van der Waals surface area contributed by atoms with Crippen LogP contribution in [0.25, 0.3) is 0 Å². The number of carbonyl (C=O) groups is 1. The van der Waals surface area contributed by atoms with Crippen molar-refractivity contribution in [2.45, 2.75) is 58.8 Å². The number of hydrogen-bond donors (Lipinski definition) is 1. The molecule has 2 heterocycles. The van der Waals surface area contributed by atoms with E-state index in [-0.39, 0.29) is 5.91 Å². The molecule has 1 aliphatic heterocycles. The van der Waals surface area contributed by atoms with E-state index < -0.39 is 0 Å². The van der Waals surface area contributed by atoms with Crippen LogP contribution in [0, 0.1) is 5.92 Å². The molecule has 1 N–H and O–H groups in total. The highest BCUT2D eigenvalue weighted by Gasteiger charge is 2.22. The summed E-state index contributed by atoms with van der Waals surface area (Å²) in [4.78, 5) is 25.3. The first kappa shape index (κ1) is 20.5. The second-order valence-electron chi connectivity index (χ2n) is 7.35. The highest BCUT2D eigenvalue weighted by Crippen LogP contribution is 2.25. The van der Waals surface area contributed by atoms with E-state index >= 15 is 0 Å². The van der Waals surface area contributed by atoms with Gasteiger partial charge in [0.2, 0.25) is 5.91 Å².